The first kappa shape index (κ1) is 8.53. The zero-order chi connectivity index (χ0) is 9.42. The fourth-order valence-corrected chi connectivity index (χ4v) is 2.47. The van der Waals surface area contributed by atoms with Gasteiger partial charge in [0.25, 0.3) is 0 Å². The van der Waals surface area contributed by atoms with E-state index < -0.39 is 0 Å². The van der Waals surface area contributed by atoms with Gasteiger partial charge in [-0.25, -0.2) is 0 Å². The molecule has 4 nitrogen and oxygen atoms in total. The van der Waals surface area contributed by atoms with Crippen molar-refractivity contribution in [2.24, 2.45) is 11.8 Å². The Labute approximate surface area is 76.6 Å². The molecule has 72 valence electrons. The van der Waals surface area contributed by atoms with Crippen LogP contribution in [0.3, 0.4) is 0 Å². The third-order valence-corrected chi connectivity index (χ3v) is 3.06. The number of hydrogen-bond donors (Lipinski definition) is 1. The van der Waals surface area contributed by atoms with Crippen molar-refractivity contribution in [3.05, 3.63) is 0 Å². The van der Waals surface area contributed by atoms with Crippen LogP contribution in [0.5, 0.6) is 0 Å². The summed E-state index contributed by atoms with van der Waals surface area (Å²) in [7, 11) is 1.40. The lowest BCUT2D eigenvalue weighted by atomic mass is 9.87. The number of esters is 1. The number of amides is 1. The zero-order valence-corrected chi connectivity index (χ0v) is 7.58. The molecule has 1 saturated carbocycles. The van der Waals surface area contributed by atoms with Crippen LogP contribution in [0.1, 0.15) is 19.3 Å². The summed E-state index contributed by atoms with van der Waals surface area (Å²) in [6.45, 7) is 0. The standard InChI is InChI=1S/C9H13NO3/c1-13-9(12)8-5-2-3-6(8)10-7(11)4-5/h5-6,8H,2-4H2,1H3,(H,10,11)/t5-,6-,8-/m1/s1. The second-order valence-electron chi connectivity index (χ2n) is 3.76. The first-order valence-corrected chi connectivity index (χ1v) is 4.59. The normalized spacial score (nSPS) is 37.0. The second-order valence-corrected chi connectivity index (χ2v) is 3.76. The van der Waals surface area contributed by atoms with Crippen molar-refractivity contribution >= 4 is 11.9 Å². The highest BCUT2D eigenvalue weighted by Crippen LogP contribution is 2.38. The molecule has 2 bridgehead atoms. The Bertz CT molecular complexity index is 235. The smallest absolute Gasteiger partial charge is 0.311 e. The van der Waals surface area contributed by atoms with Crippen LogP contribution in [-0.4, -0.2) is 25.0 Å². The molecule has 1 saturated heterocycles. The van der Waals surface area contributed by atoms with E-state index in [-0.39, 0.29) is 29.8 Å². The summed E-state index contributed by atoms with van der Waals surface area (Å²) in [5.41, 5.74) is 0. The summed E-state index contributed by atoms with van der Waals surface area (Å²) in [6, 6.07) is 0.0266. The van der Waals surface area contributed by atoms with E-state index >= 15 is 0 Å². The maximum atomic E-state index is 11.4. The fourth-order valence-electron chi connectivity index (χ4n) is 2.47. The van der Waals surface area contributed by atoms with Crippen LogP contribution in [0.25, 0.3) is 0 Å². The average Bonchev–Trinajstić information content (AvgIpc) is 2.37. The molecular weight excluding hydrogens is 170 g/mol. The van der Waals surface area contributed by atoms with Gasteiger partial charge in [0.15, 0.2) is 0 Å². The van der Waals surface area contributed by atoms with Gasteiger partial charge in [0.2, 0.25) is 5.91 Å². The van der Waals surface area contributed by atoms with E-state index in [0.29, 0.717) is 6.42 Å². The molecule has 0 aromatic rings. The minimum atomic E-state index is -0.174. The molecule has 2 aliphatic rings. The van der Waals surface area contributed by atoms with Crippen LogP contribution >= 0.6 is 0 Å². The van der Waals surface area contributed by atoms with Gasteiger partial charge in [0, 0.05) is 12.5 Å². The summed E-state index contributed by atoms with van der Waals surface area (Å²) in [4.78, 5) is 22.5. The number of methoxy groups -OCH3 is 1. The lowest BCUT2D eigenvalue weighted by Crippen LogP contribution is -2.47. The monoisotopic (exact) mass is 183 g/mol. The summed E-state index contributed by atoms with van der Waals surface area (Å²) in [5.74, 6) is 0.0223. The van der Waals surface area contributed by atoms with Crippen LogP contribution in [0.2, 0.25) is 0 Å². The molecule has 0 aromatic carbocycles. The maximum Gasteiger partial charge on any atom is 0.311 e. The van der Waals surface area contributed by atoms with E-state index in [0.717, 1.165) is 12.8 Å². The summed E-state index contributed by atoms with van der Waals surface area (Å²) >= 11 is 0. The SMILES string of the molecule is COC(=O)[C@@H]1[C@@H]2CC[C@H]1NC(=O)C2. The molecule has 0 spiro atoms. The summed E-state index contributed by atoms with van der Waals surface area (Å²) in [6.07, 6.45) is 2.36. The highest BCUT2D eigenvalue weighted by Gasteiger charge is 2.46. The van der Waals surface area contributed by atoms with E-state index in [1.54, 1.807) is 0 Å². The Morgan fingerprint density at radius 3 is 2.92 bits per heavy atom. The van der Waals surface area contributed by atoms with Crippen molar-refractivity contribution in [2.45, 2.75) is 25.3 Å². The van der Waals surface area contributed by atoms with Gasteiger partial charge in [-0.05, 0) is 18.8 Å². The van der Waals surface area contributed by atoms with E-state index in [1.165, 1.54) is 7.11 Å². The van der Waals surface area contributed by atoms with Gasteiger partial charge in [-0.15, -0.1) is 0 Å². The topological polar surface area (TPSA) is 55.4 Å². The van der Waals surface area contributed by atoms with Crippen LogP contribution in [-0.2, 0) is 14.3 Å². The Kier molecular flexibility index (Phi) is 1.98. The highest BCUT2D eigenvalue weighted by molar-refractivity contribution is 5.83. The van der Waals surface area contributed by atoms with E-state index in [1.807, 2.05) is 0 Å². The van der Waals surface area contributed by atoms with Gasteiger partial charge in [-0.3, -0.25) is 9.59 Å². The summed E-state index contributed by atoms with van der Waals surface area (Å²) < 4.78 is 4.72. The number of nitrogens with one attached hydrogen (secondary N) is 1. The molecule has 0 radical (unpaired) electrons. The molecule has 0 unspecified atom stereocenters. The van der Waals surface area contributed by atoms with E-state index in [4.69, 9.17) is 4.74 Å². The molecule has 0 aromatic heterocycles. The number of rotatable bonds is 1. The van der Waals surface area contributed by atoms with Crippen molar-refractivity contribution in [3.63, 3.8) is 0 Å². The number of carbonyl (C=O) groups excluding carboxylic acids is 2. The zero-order valence-electron chi connectivity index (χ0n) is 7.58. The Morgan fingerprint density at radius 2 is 2.31 bits per heavy atom. The largest absolute Gasteiger partial charge is 0.469 e. The Morgan fingerprint density at radius 1 is 1.54 bits per heavy atom. The van der Waals surface area contributed by atoms with E-state index in [2.05, 4.69) is 5.32 Å². The van der Waals surface area contributed by atoms with Gasteiger partial charge < -0.3 is 10.1 Å². The van der Waals surface area contributed by atoms with Crippen molar-refractivity contribution in [1.82, 2.24) is 5.32 Å². The van der Waals surface area contributed by atoms with Crippen molar-refractivity contribution in [2.75, 3.05) is 7.11 Å². The molecule has 1 aliphatic carbocycles. The number of hydrogen-bond acceptors (Lipinski definition) is 3. The average molecular weight is 183 g/mol. The maximum absolute atomic E-state index is 11.4. The second kappa shape index (κ2) is 3.01. The minimum Gasteiger partial charge on any atom is -0.469 e. The Hall–Kier alpha value is -1.06. The fraction of sp³-hybridized carbons (Fsp3) is 0.778. The molecule has 3 atom stereocenters. The minimum absolute atomic E-state index is 0.0266. The molecule has 1 heterocycles. The molecule has 1 aliphatic heterocycles. The van der Waals surface area contributed by atoms with Gasteiger partial charge in [-0.2, -0.15) is 0 Å². The molecule has 1 N–H and O–H groups in total. The van der Waals surface area contributed by atoms with Crippen LogP contribution < -0.4 is 5.32 Å². The van der Waals surface area contributed by atoms with E-state index in [9.17, 15) is 9.59 Å². The predicted molar refractivity (Wildman–Crippen MR) is 44.8 cm³/mol. The Balaban J connectivity index is 2.14. The van der Waals surface area contributed by atoms with Crippen molar-refractivity contribution < 1.29 is 14.3 Å². The molecular formula is C9H13NO3. The quantitative estimate of drug-likeness (QED) is 0.585. The number of carbonyl (C=O) groups is 2. The first-order valence-electron chi connectivity index (χ1n) is 4.59. The molecule has 13 heavy (non-hydrogen) atoms. The highest BCUT2D eigenvalue weighted by atomic mass is 16.5. The lowest BCUT2D eigenvalue weighted by Gasteiger charge is -2.28. The first-order chi connectivity index (χ1) is 6.22. The number of fused-ring (bicyclic) bond motifs is 2. The molecule has 2 rings (SSSR count). The van der Waals surface area contributed by atoms with Gasteiger partial charge in [0.05, 0.1) is 13.0 Å². The number of piperidine rings is 1. The molecule has 4 heteroatoms. The van der Waals surface area contributed by atoms with Crippen LogP contribution in [0, 0.1) is 11.8 Å². The predicted octanol–water partition coefficient (Wildman–Crippen LogP) is 0.0741. The third-order valence-electron chi connectivity index (χ3n) is 3.06. The molecule has 1 amide bonds. The van der Waals surface area contributed by atoms with Gasteiger partial charge >= 0.3 is 5.97 Å². The van der Waals surface area contributed by atoms with Crippen LogP contribution in [0.15, 0.2) is 0 Å². The third kappa shape index (κ3) is 1.30. The van der Waals surface area contributed by atoms with Gasteiger partial charge in [0.1, 0.15) is 0 Å². The number of ether oxygens (including phenoxy) is 1. The lowest BCUT2D eigenvalue weighted by molar-refractivity contribution is -0.149. The van der Waals surface area contributed by atoms with Gasteiger partial charge in [-0.1, -0.05) is 0 Å². The summed E-state index contributed by atoms with van der Waals surface area (Å²) in [5, 5.41) is 2.83. The van der Waals surface area contributed by atoms with Crippen molar-refractivity contribution in [3.8, 4) is 0 Å². The van der Waals surface area contributed by atoms with Crippen LogP contribution in [0.4, 0.5) is 0 Å². The van der Waals surface area contributed by atoms with Crippen molar-refractivity contribution in [1.29, 1.82) is 0 Å². The molecule has 2 fully saturated rings.